The summed E-state index contributed by atoms with van der Waals surface area (Å²) in [5.74, 6) is 1.38. The zero-order valence-electron chi connectivity index (χ0n) is 19.5. The Bertz CT molecular complexity index is 1200. The Hall–Kier alpha value is -3.09. The van der Waals surface area contributed by atoms with E-state index in [1.807, 2.05) is 72.8 Å². The van der Waals surface area contributed by atoms with Crippen molar-refractivity contribution in [2.24, 2.45) is 0 Å². The first-order chi connectivity index (χ1) is 16.3. The summed E-state index contributed by atoms with van der Waals surface area (Å²) in [6.45, 7) is 7.37. The van der Waals surface area contributed by atoms with Crippen LogP contribution in [0.4, 0.5) is 5.69 Å². The molecule has 4 rings (SSSR count). The molecule has 0 atom stereocenters. The maximum absolute atomic E-state index is 13.0. The van der Waals surface area contributed by atoms with Crippen molar-refractivity contribution >= 4 is 46.0 Å². The van der Waals surface area contributed by atoms with Gasteiger partial charge in [0.1, 0.15) is 24.7 Å². The van der Waals surface area contributed by atoms with Crippen molar-refractivity contribution < 1.29 is 14.3 Å². The first-order valence-corrected chi connectivity index (χ1v) is 12.3. The van der Waals surface area contributed by atoms with Gasteiger partial charge in [-0.25, -0.2) is 0 Å². The zero-order valence-corrected chi connectivity index (χ0v) is 21.1. The number of ether oxygens (including phenoxy) is 2. The number of hydrogen-bond acceptors (Lipinski definition) is 5. The molecule has 0 bridgehead atoms. The highest BCUT2D eigenvalue weighted by molar-refractivity contribution is 8.27. The lowest BCUT2D eigenvalue weighted by molar-refractivity contribution is -0.113. The van der Waals surface area contributed by atoms with Gasteiger partial charge in [0.2, 0.25) is 0 Å². The van der Waals surface area contributed by atoms with Gasteiger partial charge in [0.25, 0.3) is 5.91 Å². The third kappa shape index (κ3) is 5.69. The monoisotopic (exact) mass is 489 g/mol. The van der Waals surface area contributed by atoms with E-state index in [0.717, 1.165) is 17.0 Å². The summed E-state index contributed by atoms with van der Waals surface area (Å²) in [6.07, 6.45) is 1.84. The van der Waals surface area contributed by atoms with Gasteiger partial charge < -0.3 is 9.47 Å². The first-order valence-electron chi connectivity index (χ1n) is 11.1. The number of rotatable bonds is 7. The third-order valence-corrected chi connectivity index (χ3v) is 6.65. The van der Waals surface area contributed by atoms with Gasteiger partial charge in [-0.15, -0.1) is 0 Å². The predicted molar refractivity (Wildman–Crippen MR) is 145 cm³/mol. The quantitative estimate of drug-likeness (QED) is 0.206. The Kier molecular flexibility index (Phi) is 7.39. The number of amides is 1. The molecule has 174 valence electrons. The second kappa shape index (κ2) is 10.5. The molecule has 0 saturated carbocycles. The SMILES string of the molecule is CC(C)(C)c1ccc(OCCOc2ccccc2/C=C2/SC(=S)N(c3ccccc3)C2=O)cc1. The fourth-order valence-electron chi connectivity index (χ4n) is 3.50. The summed E-state index contributed by atoms with van der Waals surface area (Å²) in [5, 5.41) is 0. The molecule has 1 aliphatic heterocycles. The molecule has 0 aliphatic carbocycles. The lowest BCUT2D eigenvalue weighted by Crippen LogP contribution is -2.27. The van der Waals surface area contributed by atoms with Crippen LogP contribution in [0.25, 0.3) is 6.08 Å². The van der Waals surface area contributed by atoms with E-state index in [1.165, 1.54) is 17.3 Å². The topological polar surface area (TPSA) is 38.8 Å². The van der Waals surface area contributed by atoms with Gasteiger partial charge in [-0.2, -0.15) is 0 Å². The fourth-order valence-corrected chi connectivity index (χ4v) is 4.79. The molecule has 0 N–H and O–H groups in total. The maximum Gasteiger partial charge on any atom is 0.270 e. The number of anilines is 1. The van der Waals surface area contributed by atoms with Crippen molar-refractivity contribution in [1.82, 2.24) is 0 Å². The van der Waals surface area contributed by atoms with Crippen LogP contribution in [0, 0.1) is 0 Å². The minimum Gasteiger partial charge on any atom is -0.490 e. The van der Waals surface area contributed by atoms with E-state index in [1.54, 1.807) is 4.90 Å². The normalized spacial score (nSPS) is 15.1. The van der Waals surface area contributed by atoms with Gasteiger partial charge in [-0.05, 0) is 47.4 Å². The maximum atomic E-state index is 13.0. The molecule has 0 spiro atoms. The summed E-state index contributed by atoms with van der Waals surface area (Å²) in [5.41, 5.74) is 2.97. The Morgan fingerprint density at radius 1 is 0.882 bits per heavy atom. The Labute approximate surface area is 210 Å². The zero-order chi connectivity index (χ0) is 24.1. The van der Waals surface area contributed by atoms with E-state index >= 15 is 0 Å². The van der Waals surface area contributed by atoms with E-state index in [2.05, 4.69) is 32.9 Å². The minimum absolute atomic E-state index is 0.112. The van der Waals surface area contributed by atoms with Crippen molar-refractivity contribution in [2.75, 3.05) is 18.1 Å². The summed E-state index contributed by atoms with van der Waals surface area (Å²) in [4.78, 5) is 15.2. The first kappa shape index (κ1) is 24.0. The molecular formula is C28H27NO3S2. The number of thiocarbonyl (C=S) groups is 1. The van der Waals surface area contributed by atoms with Crippen LogP contribution in [-0.4, -0.2) is 23.4 Å². The summed E-state index contributed by atoms with van der Waals surface area (Å²) in [7, 11) is 0. The van der Waals surface area contributed by atoms with Crippen LogP contribution in [0.5, 0.6) is 11.5 Å². The van der Waals surface area contributed by atoms with Crippen molar-refractivity contribution in [2.45, 2.75) is 26.2 Å². The molecule has 3 aromatic rings. The number of nitrogens with zero attached hydrogens (tertiary/aromatic N) is 1. The number of benzene rings is 3. The number of carbonyl (C=O) groups is 1. The summed E-state index contributed by atoms with van der Waals surface area (Å²) < 4.78 is 12.3. The van der Waals surface area contributed by atoms with Crippen LogP contribution < -0.4 is 14.4 Å². The molecular weight excluding hydrogens is 462 g/mol. The smallest absolute Gasteiger partial charge is 0.270 e. The van der Waals surface area contributed by atoms with Crippen LogP contribution in [0.2, 0.25) is 0 Å². The van der Waals surface area contributed by atoms with Crippen LogP contribution in [0.1, 0.15) is 31.9 Å². The standard InChI is InChI=1S/C28H27NO3S2/c1-28(2,3)21-13-15-23(16-14-21)31-17-18-32-24-12-8-7-9-20(24)19-25-26(30)29(27(33)34-25)22-10-5-4-6-11-22/h4-16,19H,17-18H2,1-3H3/b25-19+. The van der Waals surface area contributed by atoms with Gasteiger partial charge in [0.15, 0.2) is 4.32 Å². The molecule has 0 unspecified atom stereocenters. The fraction of sp³-hybridized carbons (Fsp3) is 0.214. The Morgan fingerprint density at radius 2 is 1.53 bits per heavy atom. The van der Waals surface area contributed by atoms with Crippen molar-refractivity contribution in [3.05, 3.63) is 94.9 Å². The molecule has 0 radical (unpaired) electrons. The molecule has 1 heterocycles. The van der Waals surface area contributed by atoms with Gasteiger partial charge in [0, 0.05) is 5.56 Å². The highest BCUT2D eigenvalue weighted by Crippen LogP contribution is 2.37. The van der Waals surface area contributed by atoms with Crippen LogP contribution in [-0.2, 0) is 10.2 Å². The minimum atomic E-state index is -0.127. The summed E-state index contributed by atoms with van der Waals surface area (Å²) >= 11 is 6.76. The number of carbonyl (C=O) groups excluding carboxylic acids is 1. The molecule has 1 amide bonds. The molecule has 1 aliphatic rings. The van der Waals surface area contributed by atoms with Crippen LogP contribution in [0.3, 0.4) is 0 Å². The van der Waals surface area contributed by atoms with Crippen LogP contribution >= 0.6 is 24.0 Å². The van der Waals surface area contributed by atoms with Gasteiger partial charge >= 0.3 is 0 Å². The molecule has 3 aromatic carbocycles. The highest BCUT2D eigenvalue weighted by atomic mass is 32.2. The largest absolute Gasteiger partial charge is 0.490 e. The molecule has 4 nitrogen and oxygen atoms in total. The second-order valence-electron chi connectivity index (χ2n) is 8.86. The molecule has 6 heteroatoms. The van der Waals surface area contributed by atoms with E-state index < -0.39 is 0 Å². The lowest BCUT2D eigenvalue weighted by atomic mass is 9.87. The Morgan fingerprint density at radius 3 is 2.24 bits per heavy atom. The van der Waals surface area contributed by atoms with Gasteiger partial charge in [0.05, 0.1) is 10.6 Å². The third-order valence-electron chi connectivity index (χ3n) is 5.34. The van der Waals surface area contributed by atoms with E-state index in [-0.39, 0.29) is 11.3 Å². The lowest BCUT2D eigenvalue weighted by Gasteiger charge is -2.19. The number of thioether (sulfide) groups is 1. The van der Waals surface area contributed by atoms with Crippen molar-refractivity contribution in [3.63, 3.8) is 0 Å². The van der Waals surface area contributed by atoms with E-state index in [9.17, 15) is 4.79 Å². The van der Waals surface area contributed by atoms with Crippen LogP contribution in [0.15, 0.2) is 83.8 Å². The van der Waals surface area contributed by atoms with Gasteiger partial charge in [-0.3, -0.25) is 9.69 Å². The molecule has 34 heavy (non-hydrogen) atoms. The highest BCUT2D eigenvalue weighted by Gasteiger charge is 2.33. The molecule has 0 aromatic heterocycles. The van der Waals surface area contributed by atoms with E-state index in [4.69, 9.17) is 21.7 Å². The van der Waals surface area contributed by atoms with E-state index in [0.29, 0.717) is 28.2 Å². The second-order valence-corrected chi connectivity index (χ2v) is 10.5. The average molecular weight is 490 g/mol. The Balaban J connectivity index is 1.39. The summed E-state index contributed by atoms with van der Waals surface area (Å²) in [6, 6.07) is 25.3. The van der Waals surface area contributed by atoms with Crippen molar-refractivity contribution in [1.29, 1.82) is 0 Å². The van der Waals surface area contributed by atoms with Crippen molar-refractivity contribution in [3.8, 4) is 11.5 Å². The predicted octanol–water partition coefficient (Wildman–Crippen LogP) is 6.85. The number of para-hydroxylation sites is 2. The molecule has 1 saturated heterocycles. The van der Waals surface area contributed by atoms with Gasteiger partial charge in [-0.1, -0.05) is 93.3 Å². The number of hydrogen-bond donors (Lipinski definition) is 0. The average Bonchev–Trinajstić information content (AvgIpc) is 3.10. The molecule has 1 fully saturated rings.